The number of halogens is 1. The number of nitrogens with one attached hydrogen (secondary N) is 2. The van der Waals surface area contributed by atoms with Crippen LogP contribution in [-0.4, -0.2) is 102 Å². The van der Waals surface area contributed by atoms with Crippen molar-refractivity contribution in [1.82, 2.24) is 20.4 Å². The molecule has 0 aromatic carbocycles. The van der Waals surface area contributed by atoms with E-state index in [4.69, 9.17) is 9.47 Å². The molecule has 1 rings (SSSR count). The Morgan fingerprint density at radius 1 is 1.20 bits per heavy atom. The van der Waals surface area contributed by atoms with E-state index >= 15 is 0 Å². The third kappa shape index (κ3) is 12.4. The van der Waals surface area contributed by atoms with Crippen molar-refractivity contribution in [2.24, 2.45) is 4.99 Å². The first-order valence-electron chi connectivity index (χ1n) is 8.65. The van der Waals surface area contributed by atoms with Crippen molar-refractivity contribution in [3.8, 4) is 0 Å². The molecule has 1 amide bonds. The number of carbonyl (C=O) groups excluding carboxylic acids is 1. The first-order valence-corrected chi connectivity index (χ1v) is 8.65. The van der Waals surface area contributed by atoms with Crippen molar-refractivity contribution in [3.63, 3.8) is 0 Å². The minimum absolute atomic E-state index is 0. The van der Waals surface area contributed by atoms with E-state index in [1.807, 2.05) is 0 Å². The van der Waals surface area contributed by atoms with Gasteiger partial charge in [-0.25, -0.2) is 4.99 Å². The first-order chi connectivity index (χ1) is 11.6. The van der Waals surface area contributed by atoms with E-state index in [0.717, 1.165) is 58.8 Å². The van der Waals surface area contributed by atoms with Gasteiger partial charge >= 0.3 is 0 Å². The normalized spacial score (nSPS) is 15.4. The zero-order valence-electron chi connectivity index (χ0n) is 15.8. The quantitative estimate of drug-likeness (QED) is 0.202. The Bertz CT molecular complexity index is 377. The highest BCUT2D eigenvalue weighted by molar-refractivity contribution is 14.0. The molecule has 148 valence electrons. The van der Waals surface area contributed by atoms with Crippen LogP contribution < -0.4 is 10.6 Å². The lowest BCUT2D eigenvalue weighted by molar-refractivity contribution is -0.127. The predicted molar refractivity (Wildman–Crippen MR) is 111 cm³/mol. The van der Waals surface area contributed by atoms with Gasteiger partial charge in [0.1, 0.15) is 6.54 Å². The lowest BCUT2D eigenvalue weighted by atomic mass is 10.3. The van der Waals surface area contributed by atoms with E-state index in [9.17, 15) is 4.79 Å². The van der Waals surface area contributed by atoms with Gasteiger partial charge in [0.05, 0.1) is 13.2 Å². The van der Waals surface area contributed by atoms with Crippen LogP contribution in [0.25, 0.3) is 0 Å². The van der Waals surface area contributed by atoms with Gasteiger partial charge in [0.2, 0.25) is 5.91 Å². The molecule has 9 heteroatoms. The fourth-order valence-corrected chi connectivity index (χ4v) is 2.22. The lowest BCUT2D eigenvalue weighted by Gasteiger charge is -2.26. The second kappa shape index (κ2) is 15.6. The largest absolute Gasteiger partial charge is 0.385 e. The van der Waals surface area contributed by atoms with E-state index in [-0.39, 0.29) is 36.4 Å². The maximum Gasteiger partial charge on any atom is 0.243 e. The monoisotopic (exact) mass is 471 g/mol. The van der Waals surface area contributed by atoms with Crippen LogP contribution in [0.4, 0.5) is 0 Å². The molecule has 0 aromatic rings. The number of ether oxygens (including phenoxy) is 2. The molecule has 1 aliphatic rings. The summed E-state index contributed by atoms with van der Waals surface area (Å²) in [5.74, 6) is 0.671. The summed E-state index contributed by atoms with van der Waals surface area (Å²) >= 11 is 0. The summed E-state index contributed by atoms with van der Waals surface area (Å²) in [6, 6.07) is 0. The zero-order chi connectivity index (χ0) is 17.6. The number of aliphatic imine (C=N–C) groups is 1. The number of nitrogens with zero attached hydrogens (tertiary/aromatic N) is 3. The van der Waals surface area contributed by atoms with Gasteiger partial charge in [-0.2, -0.15) is 0 Å². The Morgan fingerprint density at radius 2 is 1.84 bits per heavy atom. The van der Waals surface area contributed by atoms with E-state index < -0.39 is 0 Å². The maximum atomic E-state index is 11.7. The standard InChI is InChI=1S/C16H33N5O3.HI/c1-20(2)15(22)14-19-16(18-7-5-11-23-3)17-6-4-8-21-9-12-24-13-10-21;/h4-14H2,1-3H3,(H2,17,18,19);1H. The Kier molecular flexibility index (Phi) is 15.2. The minimum atomic E-state index is -0.0127. The van der Waals surface area contributed by atoms with Gasteiger partial charge in [-0.3, -0.25) is 9.69 Å². The van der Waals surface area contributed by atoms with Gasteiger partial charge in [0.15, 0.2) is 5.96 Å². The fourth-order valence-electron chi connectivity index (χ4n) is 2.22. The van der Waals surface area contributed by atoms with E-state index in [1.165, 1.54) is 0 Å². The molecule has 8 nitrogen and oxygen atoms in total. The highest BCUT2D eigenvalue weighted by Gasteiger charge is 2.09. The molecule has 1 aliphatic heterocycles. The van der Waals surface area contributed by atoms with E-state index in [2.05, 4.69) is 20.5 Å². The number of guanidine groups is 1. The predicted octanol–water partition coefficient (Wildman–Crippen LogP) is -0.0134. The second-order valence-corrected chi connectivity index (χ2v) is 5.96. The summed E-state index contributed by atoms with van der Waals surface area (Å²) in [5, 5.41) is 6.54. The molecule has 1 saturated heterocycles. The molecule has 0 radical (unpaired) electrons. The van der Waals surface area contributed by atoms with Gasteiger partial charge in [0.25, 0.3) is 0 Å². The lowest BCUT2D eigenvalue weighted by Crippen LogP contribution is -2.41. The number of likely N-dealkylation sites (N-methyl/N-ethyl adjacent to an activating group) is 1. The summed E-state index contributed by atoms with van der Waals surface area (Å²) in [6.45, 7) is 7.15. The fraction of sp³-hybridized carbons (Fsp3) is 0.875. The summed E-state index contributed by atoms with van der Waals surface area (Å²) in [5.41, 5.74) is 0. The molecule has 0 bridgehead atoms. The summed E-state index contributed by atoms with van der Waals surface area (Å²) in [7, 11) is 5.16. The molecule has 0 saturated carbocycles. The third-order valence-electron chi connectivity index (χ3n) is 3.74. The summed E-state index contributed by atoms with van der Waals surface area (Å²) < 4.78 is 10.4. The molecule has 1 heterocycles. The van der Waals surface area contributed by atoms with Crippen LogP contribution in [0, 0.1) is 0 Å². The van der Waals surface area contributed by atoms with Gasteiger partial charge in [-0.05, 0) is 19.4 Å². The first kappa shape index (κ1) is 24.4. The topological polar surface area (TPSA) is 78.4 Å². The van der Waals surface area contributed by atoms with Crippen LogP contribution in [0.2, 0.25) is 0 Å². The Morgan fingerprint density at radius 3 is 2.44 bits per heavy atom. The summed E-state index contributed by atoms with van der Waals surface area (Å²) in [6.07, 6.45) is 1.92. The number of hydrogen-bond donors (Lipinski definition) is 2. The molecule has 0 spiro atoms. The Balaban J connectivity index is 0.00000576. The van der Waals surface area contributed by atoms with Crippen LogP contribution in [0.15, 0.2) is 4.99 Å². The Hall–Kier alpha value is -0.650. The molecular formula is C16H34IN5O3. The van der Waals surface area contributed by atoms with Gasteiger partial charge in [0, 0.05) is 54.0 Å². The number of carbonyl (C=O) groups is 1. The number of methoxy groups -OCH3 is 1. The number of amides is 1. The number of morpholine rings is 1. The average molecular weight is 471 g/mol. The maximum absolute atomic E-state index is 11.7. The van der Waals surface area contributed by atoms with Gasteiger partial charge < -0.3 is 25.0 Å². The zero-order valence-corrected chi connectivity index (χ0v) is 18.1. The molecule has 0 unspecified atom stereocenters. The molecule has 0 aromatic heterocycles. The van der Waals surface area contributed by atoms with E-state index in [0.29, 0.717) is 12.6 Å². The van der Waals surface area contributed by atoms with Crippen LogP contribution in [-0.2, 0) is 14.3 Å². The Labute approximate surface area is 168 Å². The van der Waals surface area contributed by atoms with Crippen LogP contribution in [0.3, 0.4) is 0 Å². The minimum Gasteiger partial charge on any atom is -0.385 e. The molecule has 0 aliphatic carbocycles. The highest BCUT2D eigenvalue weighted by atomic mass is 127. The average Bonchev–Trinajstić information content (AvgIpc) is 2.59. The highest BCUT2D eigenvalue weighted by Crippen LogP contribution is 1.97. The molecule has 25 heavy (non-hydrogen) atoms. The van der Waals surface area contributed by atoms with Crippen molar-refractivity contribution >= 4 is 35.8 Å². The van der Waals surface area contributed by atoms with Crippen LogP contribution in [0.1, 0.15) is 12.8 Å². The SMILES string of the molecule is COCCCNC(=NCC(=O)N(C)C)NCCCN1CCOCC1.I. The van der Waals surface area contributed by atoms with Crippen molar-refractivity contribution in [1.29, 1.82) is 0 Å². The number of rotatable bonds is 10. The molecule has 0 atom stereocenters. The smallest absolute Gasteiger partial charge is 0.243 e. The number of hydrogen-bond acceptors (Lipinski definition) is 5. The van der Waals surface area contributed by atoms with Crippen molar-refractivity contribution in [2.45, 2.75) is 12.8 Å². The molecular weight excluding hydrogens is 437 g/mol. The van der Waals surface area contributed by atoms with Gasteiger partial charge in [-0.1, -0.05) is 0 Å². The molecule has 1 fully saturated rings. The van der Waals surface area contributed by atoms with Crippen LogP contribution in [0.5, 0.6) is 0 Å². The van der Waals surface area contributed by atoms with Crippen molar-refractivity contribution < 1.29 is 14.3 Å². The second-order valence-electron chi connectivity index (χ2n) is 5.96. The van der Waals surface area contributed by atoms with Crippen molar-refractivity contribution in [3.05, 3.63) is 0 Å². The van der Waals surface area contributed by atoms with Gasteiger partial charge in [-0.15, -0.1) is 24.0 Å². The van der Waals surface area contributed by atoms with Crippen molar-refractivity contribution in [2.75, 3.05) is 80.3 Å². The van der Waals surface area contributed by atoms with E-state index in [1.54, 1.807) is 26.1 Å². The third-order valence-corrected chi connectivity index (χ3v) is 3.74. The molecule has 2 N–H and O–H groups in total. The van der Waals surface area contributed by atoms with Crippen LogP contribution >= 0.6 is 24.0 Å². The summed E-state index contributed by atoms with van der Waals surface area (Å²) in [4.78, 5) is 20.0.